The van der Waals surface area contributed by atoms with Crippen molar-refractivity contribution in [1.29, 1.82) is 0 Å². The fourth-order valence-corrected chi connectivity index (χ4v) is 6.29. The molecule has 1 aliphatic carbocycles. The third-order valence-electron chi connectivity index (χ3n) is 7.12. The normalized spacial score (nSPS) is 16.9. The smallest absolute Gasteiger partial charge is 0.0295 e. The number of halogens is 1. The fraction of sp³-hybridized carbons (Fsp3) is 0.125. The monoisotopic (exact) mass is 488 g/mol. The van der Waals surface area contributed by atoms with Crippen LogP contribution in [0.4, 0.5) is 0 Å². The second-order valence-corrected chi connectivity index (χ2v) is 10.00. The van der Waals surface area contributed by atoms with Crippen LogP contribution in [0.5, 0.6) is 0 Å². The molecule has 0 aromatic heterocycles. The van der Waals surface area contributed by atoms with Gasteiger partial charge in [-0.25, -0.2) is 0 Å². The van der Waals surface area contributed by atoms with Crippen LogP contribution in [0.25, 0.3) is 21.9 Å². The van der Waals surface area contributed by atoms with Crippen molar-refractivity contribution >= 4 is 26.7 Å². The topological polar surface area (TPSA) is 0 Å². The van der Waals surface area contributed by atoms with Crippen molar-refractivity contribution in [2.24, 2.45) is 0 Å². The molecule has 0 radical (unpaired) electrons. The van der Waals surface area contributed by atoms with Gasteiger partial charge in [-0.15, -0.1) is 0 Å². The summed E-state index contributed by atoms with van der Waals surface area (Å²) in [6, 6.07) is 38.0. The Balaban J connectivity index is 1.70. The zero-order chi connectivity index (χ0) is 22.5. The molecule has 0 saturated carbocycles. The van der Waals surface area contributed by atoms with Gasteiger partial charge in [-0.1, -0.05) is 114 Å². The second-order valence-electron chi connectivity index (χ2n) is 9.20. The van der Waals surface area contributed by atoms with Gasteiger partial charge in [-0.2, -0.15) is 0 Å². The lowest BCUT2D eigenvalue weighted by Gasteiger charge is -2.44. The maximum atomic E-state index is 4.05. The van der Waals surface area contributed by atoms with E-state index in [4.69, 9.17) is 0 Å². The highest BCUT2D eigenvalue weighted by Crippen LogP contribution is 2.61. The average molecular weight is 489 g/mol. The SMILES string of the molecule is Cc1ccc([C@H]2c3c(c(-c4ccccc4)c4ccccc4c3Br)[C@@H]2c2ccc(C)cc2)cc1. The molecule has 2 atom stereocenters. The van der Waals surface area contributed by atoms with Gasteiger partial charge < -0.3 is 0 Å². The molecule has 0 N–H and O–H groups in total. The van der Waals surface area contributed by atoms with E-state index in [0.717, 1.165) is 0 Å². The van der Waals surface area contributed by atoms with Crippen LogP contribution < -0.4 is 0 Å². The first-order chi connectivity index (χ1) is 16.1. The first-order valence-corrected chi connectivity index (χ1v) is 12.4. The molecular weight excluding hydrogens is 464 g/mol. The highest BCUT2D eigenvalue weighted by atomic mass is 79.9. The molecule has 0 bridgehead atoms. The van der Waals surface area contributed by atoms with E-state index in [9.17, 15) is 0 Å². The van der Waals surface area contributed by atoms with Gasteiger partial charge in [0.05, 0.1) is 0 Å². The summed E-state index contributed by atoms with van der Waals surface area (Å²) < 4.78 is 1.24. The quantitative estimate of drug-likeness (QED) is 0.237. The molecule has 1 heteroatoms. The van der Waals surface area contributed by atoms with Crippen LogP contribution in [0.3, 0.4) is 0 Å². The summed E-state index contributed by atoms with van der Waals surface area (Å²) >= 11 is 4.05. The van der Waals surface area contributed by atoms with E-state index in [1.807, 2.05) is 0 Å². The Bertz CT molecular complexity index is 1460. The highest BCUT2D eigenvalue weighted by molar-refractivity contribution is 9.10. The number of fused-ring (bicyclic) bond motifs is 2. The van der Waals surface area contributed by atoms with Crippen LogP contribution in [0, 0.1) is 13.8 Å². The van der Waals surface area contributed by atoms with Gasteiger partial charge in [0.2, 0.25) is 0 Å². The van der Waals surface area contributed by atoms with Crippen molar-refractivity contribution in [3.8, 4) is 11.1 Å². The summed E-state index contributed by atoms with van der Waals surface area (Å²) in [6.07, 6.45) is 0. The molecule has 0 nitrogen and oxygen atoms in total. The molecule has 0 heterocycles. The van der Waals surface area contributed by atoms with Crippen molar-refractivity contribution < 1.29 is 0 Å². The minimum Gasteiger partial charge on any atom is -0.0622 e. The minimum absolute atomic E-state index is 0.319. The Labute approximate surface area is 204 Å². The Kier molecular flexibility index (Phi) is 4.96. The lowest BCUT2D eigenvalue weighted by atomic mass is 9.59. The molecular formula is C32H25Br. The van der Waals surface area contributed by atoms with Crippen molar-refractivity contribution in [2.45, 2.75) is 25.7 Å². The van der Waals surface area contributed by atoms with E-state index in [2.05, 4.69) is 133 Å². The third-order valence-corrected chi connectivity index (χ3v) is 7.97. The molecule has 5 aromatic rings. The number of benzene rings is 5. The molecule has 33 heavy (non-hydrogen) atoms. The Morgan fingerprint density at radius 3 is 1.58 bits per heavy atom. The summed E-state index contributed by atoms with van der Waals surface area (Å²) in [6.45, 7) is 4.32. The van der Waals surface area contributed by atoms with Gasteiger partial charge in [0.15, 0.2) is 0 Å². The van der Waals surface area contributed by atoms with Gasteiger partial charge in [-0.3, -0.25) is 0 Å². The average Bonchev–Trinajstić information content (AvgIpc) is 2.84. The van der Waals surface area contributed by atoms with Gasteiger partial charge in [-0.05, 0) is 73.9 Å². The van der Waals surface area contributed by atoms with Crippen LogP contribution in [0.2, 0.25) is 0 Å². The van der Waals surface area contributed by atoms with E-state index >= 15 is 0 Å². The van der Waals surface area contributed by atoms with Crippen LogP contribution in [-0.4, -0.2) is 0 Å². The Morgan fingerprint density at radius 1 is 0.515 bits per heavy atom. The number of rotatable bonds is 3. The molecule has 6 rings (SSSR count). The van der Waals surface area contributed by atoms with Crippen LogP contribution in [0.15, 0.2) is 108 Å². The summed E-state index contributed by atoms with van der Waals surface area (Å²) in [5.74, 6) is 0.643. The predicted molar refractivity (Wildman–Crippen MR) is 143 cm³/mol. The lowest BCUT2D eigenvalue weighted by Crippen LogP contribution is -2.28. The summed E-state index contributed by atoms with van der Waals surface area (Å²) in [7, 11) is 0. The molecule has 1 aliphatic rings. The van der Waals surface area contributed by atoms with Gasteiger partial charge in [0.1, 0.15) is 0 Å². The Hall–Kier alpha value is -3.16. The molecule has 5 aromatic carbocycles. The van der Waals surface area contributed by atoms with Gasteiger partial charge >= 0.3 is 0 Å². The standard InChI is InChI=1S/C32H25Br/c1-20-12-16-23(17-13-20)28-29(24-18-14-21(2)15-19-24)31-30(28)27(22-8-4-3-5-9-22)25-10-6-7-11-26(25)32(31)33/h3-19,28-29H,1-2H3/t28-,29-/m1/s1. The molecule has 0 fully saturated rings. The van der Waals surface area contributed by atoms with Crippen molar-refractivity contribution in [2.75, 3.05) is 0 Å². The van der Waals surface area contributed by atoms with Crippen LogP contribution in [-0.2, 0) is 0 Å². The van der Waals surface area contributed by atoms with E-state index in [1.165, 1.54) is 59.8 Å². The van der Waals surface area contributed by atoms with Gasteiger partial charge in [0, 0.05) is 16.3 Å². The fourth-order valence-electron chi connectivity index (χ4n) is 5.48. The van der Waals surface area contributed by atoms with E-state index in [0.29, 0.717) is 11.8 Å². The zero-order valence-corrected chi connectivity index (χ0v) is 20.4. The molecule has 160 valence electrons. The first kappa shape index (κ1) is 20.4. The molecule has 0 amide bonds. The van der Waals surface area contributed by atoms with E-state index in [-0.39, 0.29) is 0 Å². The highest BCUT2D eigenvalue weighted by Gasteiger charge is 2.44. The van der Waals surface area contributed by atoms with Gasteiger partial charge in [0.25, 0.3) is 0 Å². The van der Waals surface area contributed by atoms with Crippen molar-refractivity contribution in [3.63, 3.8) is 0 Å². The van der Waals surface area contributed by atoms with Crippen molar-refractivity contribution in [3.05, 3.63) is 141 Å². The van der Waals surface area contributed by atoms with Crippen molar-refractivity contribution in [1.82, 2.24) is 0 Å². The predicted octanol–water partition coefficient (Wildman–Crippen LogP) is 9.16. The maximum Gasteiger partial charge on any atom is 0.0295 e. The number of aryl methyl sites for hydroxylation is 2. The molecule has 0 saturated heterocycles. The van der Waals surface area contributed by atoms with Crippen LogP contribution in [0.1, 0.15) is 45.2 Å². The van der Waals surface area contributed by atoms with E-state index < -0.39 is 0 Å². The molecule has 0 unspecified atom stereocenters. The minimum atomic E-state index is 0.319. The molecule has 0 spiro atoms. The number of hydrogen-bond donors (Lipinski definition) is 0. The lowest BCUT2D eigenvalue weighted by molar-refractivity contribution is 0.607. The summed E-state index contributed by atoms with van der Waals surface area (Å²) in [5.41, 5.74) is 10.9. The zero-order valence-electron chi connectivity index (χ0n) is 18.8. The number of hydrogen-bond acceptors (Lipinski definition) is 0. The van der Waals surface area contributed by atoms with E-state index in [1.54, 1.807) is 0 Å². The first-order valence-electron chi connectivity index (χ1n) is 11.6. The molecule has 0 aliphatic heterocycles. The van der Waals surface area contributed by atoms with Crippen LogP contribution >= 0.6 is 15.9 Å². The largest absolute Gasteiger partial charge is 0.0622 e. The Morgan fingerprint density at radius 2 is 1.00 bits per heavy atom. The summed E-state index contributed by atoms with van der Waals surface area (Å²) in [4.78, 5) is 0. The second kappa shape index (κ2) is 8.01. The summed E-state index contributed by atoms with van der Waals surface area (Å²) in [5, 5.41) is 2.60. The third kappa shape index (κ3) is 3.26. The maximum absolute atomic E-state index is 4.05.